The van der Waals surface area contributed by atoms with Gasteiger partial charge in [0.2, 0.25) is 0 Å². The Bertz CT molecular complexity index is 329. The molecule has 0 aliphatic rings. The quantitative estimate of drug-likeness (QED) is 0.658. The van der Waals surface area contributed by atoms with Gasteiger partial charge < -0.3 is 15.5 Å². The highest BCUT2D eigenvalue weighted by molar-refractivity contribution is 5.67. The number of nitrogens with zero attached hydrogens (tertiary/aromatic N) is 1. The Labute approximate surface area is 94.1 Å². The molecule has 0 aromatic carbocycles. The number of pyridine rings is 1. The zero-order chi connectivity index (χ0) is 12.0. The highest BCUT2D eigenvalue weighted by Gasteiger charge is 2.11. The van der Waals surface area contributed by atoms with E-state index in [2.05, 4.69) is 10.3 Å². The van der Waals surface area contributed by atoms with E-state index in [0.717, 1.165) is 5.56 Å². The number of hydrogen-bond acceptors (Lipinski definition) is 4. The summed E-state index contributed by atoms with van der Waals surface area (Å²) < 4.78 is 0. The molecular formula is C11H16N2O3. The first-order chi connectivity index (χ1) is 7.59. The SMILES string of the molecule is C[C@H](NCC(O)CC(=O)O)c1ccncc1. The van der Waals surface area contributed by atoms with Crippen LogP contribution < -0.4 is 5.32 Å². The fourth-order valence-corrected chi connectivity index (χ4v) is 1.36. The summed E-state index contributed by atoms with van der Waals surface area (Å²) in [5.41, 5.74) is 1.05. The van der Waals surface area contributed by atoms with E-state index in [1.165, 1.54) is 0 Å². The monoisotopic (exact) mass is 224 g/mol. The van der Waals surface area contributed by atoms with Gasteiger partial charge in [-0.2, -0.15) is 0 Å². The third-order valence-electron chi connectivity index (χ3n) is 2.28. The van der Waals surface area contributed by atoms with Crippen molar-refractivity contribution in [3.8, 4) is 0 Å². The van der Waals surface area contributed by atoms with Gasteiger partial charge in [0.25, 0.3) is 0 Å². The molecule has 0 saturated heterocycles. The average molecular weight is 224 g/mol. The van der Waals surface area contributed by atoms with Crippen LogP contribution in [0.4, 0.5) is 0 Å². The predicted octanol–water partition coefficient (Wildman–Crippen LogP) is 0.568. The zero-order valence-corrected chi connectivity index (χ0v) is 9.13. The van der Waals surface area contributed by atoms with E-state index in [-0.39, 0.29) is 19.0 Å². The second kappa shape index (κ2) is 6.19. The lowest BCUT2D eigenvalue weighted by molar-refractivity contribution is -0.139. The summed E-state index contributed by atoms with van der Waals surface area (Å²) in [7, 11) is 0. The number of aliphatic hydroxyl groups is 1. The molecule has 0 aliphatic carbocycles. The number of nitrogens with one attached hydrogen (secondary N) is 1. The molecule has 3 N–H and O–H groups in total. The third kappa shape index (κ3) is 4.37. The topological polar surface area (TPSA) is 82.5 Å². The zero-order valence-electron chi connectivity index (χ0n) is 9.13. The van der Waals surface area contributed by atoms with Crippen LogP contribution in [0.5, 0.6) is 0 Å². The molecule has 0 spiro atoms. The average Bonchev–Trinajstić information content (AvgIpc) is 2.26. The largest absolute Gasteiger partial charge is 0.481 e. The maximum atomic E-state index is 10.3. The van der Waals surface area contributed by atoms with Crippen molar-refractivity contribution in [1.29, 1.82) is 0 Å². The standard InChI is InChI=1S/C11H16N2O3/c1-8(9-2-4-12-5-3-9)13-7-10(14)6-11(15)16/h2-5,8,10,13-14H,6-7H2,1H3,(H,15,16)/t8-,10?/m0/s1. The molecule has 16 heavy (non-hydrogen) atoms. The molecule has 0 aliphatic heterocycles. The minimum Gasteiger partial charge on any atom is -0.481 e. The lowest BCUT2D eigenvalue weighted by atomic mass is 10.1. The van der Waals surface area contributed by atoms with E-state index < -0.39 is 12.1 Å². The van der Waals surface area contributed by atoms with Crippen molar-refractivity contribution in [2.24, 2.45) is 0 Å². The maximum absolute atomic E-state index is 10.3. The summed E-state index contributed by atoms with van der Waals surface area (Å²) in [5.74, 6) is -0.995. The Balaban J connectivity index is 2.35. The van der Waals surface area contributed by atoms with E-state index >= 15 is 0 Å². The van der Waals surface area contributed by atoms with Crippen molar-refractivity contribution < 1.29 is 15.0 Å². The number of rotatable bonds is 6. The minimum atomic E-state index is -0.995. The highest BCUT2D eigenvalue weighted by Crippen LogP contribution is 2.09. The van der Waals surface area contributed by atoms with Gasteiger partial charge >= 0.3 is 5.97 Å². The minimum absolute atomic E-state index is 0.0615. The van der Waals surface area contributed by atoms with Crippen LogP contribution >= 0.6 is 0 Å². The molecule has 5 nitrogen and oxygen atoms in total. The van der Waals surface area contributed by atoms with Gasteiger partial charge in [0.1, 0.15) is 0 Å². The Kier molecular flexibility index (Phi) is 4.88. The first-order valence-electron chi connectivity index (χ1n) is 5.12. The van der Waals surface area contributed by atoms with Crippen molar-refractivity contribution in [1.82, 2.24) is 10.3 Å². The third-order valence-corrected chi connectivity index (χ3v) is 2.28. The maximum Gasteiger partial charge on any atom is 0.306 e. The molecule has 2 atom stereocenters. The Morgan fingerprint density at radius 2 is 2.12 bits per heavy atom. The van der Waals surface area contributed by atoms with Gasteiger partial charge in [-0.25, -0.2) is 0 Å². The lowest BCUT2D eigenvalue weighted by Gasteiger charge is -2.16. The number of aliphatic hydroxyl groups excluding tert-OH is 1. The van der Waals surface area contributed by atoms with Crippen LogP contribution in [0.3, 0.4) is 0 Å². The van der Waals surface area contributed by atoms with Crippen LogP contribution in [0.1, 0.15) is 24.9 Å². The van der Waals surface area contributed by atoms with Gasteiger partial charge in [-0.3, -0.25) is 9.78 Å². The van der Waals surface area contributed by atoms with E-state index in [1.807, 2.05) is 19.1 Å². The van der Waals surface area contributed by atoms with Gasteiger partial charge in [-0.05, 0) is 24.6 Å². The van der Waals surface area contributed by atoms with E-state index in [9.17, 15) is 9.90 Å². The van der Waals surface area contributed by atoms with Crippen LogP contribution in [0.2, 0.25) is 0 Å². The molecule has 0 bridgehead atoms. The van der Waals surface area contributed by atoms with Crippen LogP contribution in [0, 0.1) is 0 Å². The molecule has 88 valence electrons. The molecule has 1 unspecified atom stereocenters. The number of hydrogen-bond donors (Lipinski definition) is 3. The highest BCUT2D eigenvalue weighted by atomic mass is 16.4. The summed E-state index contributed by atoms with van der Waals surface area (Å²) >= 11 is 0. The van der Waals surface area contributed by atoms with Crippen molar-refractivity contribution in [2.75, 3.05) is 6.54 Å². The summed E-state index contributed by atoms with van der Waals surface area (Å²) in [6, 6.07) is 3.81. The normalized spacial score (nSPS) is 14.4. The fraction of sp³-hybridized carbons (Fsp3) is 0.455. The Morgan fingerprint density at radius 1 is 1.50 bits per heavy atom. The van der Waals surface area contributed by atoms with Gasteiger partial charge in [0.05, 0.1) is 12.5 Å². The number of aromatic nitrogens is 1. The van der Waals surface area contributed by atoms with Crippen molar-refractivity contribution >= 4 is 5.97 Å². The Hall–Kier alpha value is -1.46. The van der Waals surface area contributed by atoms with Crippen LogP contribution in [-0.4, -0.2) is 33.8 Å². The second-order valence-corrected chi connectivity index (χ2v) is 3.66. The van der Waals surface area contributed by atoms with Crippen molar-refractivity contribution in [3.63, 3.8) is 0 Å². The van der Waals surface area contributed by atoms with E-state index in [4.69, 9.17) is 5.11 Å². The smallest absolute Gasteiger partial charge is 0.306 e. The lowest BCUT2D eigenvalue weighted by Crippen LogP contribution is -2.30. The van der Waals surface area contributed by atoms with Crippen LogP contribution in [-0.2, 0) is 4.79 Å². The first kappa shape index (κ1) is 12.6. The molecule has 1 aromatic rings. The predicted molar refractivity (Wildman–Crippen MR) is 58.9 cm³/mol. The van der Waals surface area contributed by atoms with Crippen molar-refractivity contribution in [3.05, 3.63) is 30.1 Å². The summed E-state index contributed by atoms with van der Waals surface area (Å²) in [6.45, 7) is 2.21. The summed E-state index contributed by atoms with van der Waals surface area (Å²) in [4.78, 5) is 14.2. The van der Waals surface area contributed by atoms with E-state index in [1.54, 1.807) is 12.4 Å². The number of carboxylic acid groups (broad SMARTS) is 1. The van der Waals surface area contributed by atoms with Gasteiger partial charge in [-0.1, -0.05) is 0 Å². The molecule has 0 radical (unpaired) electrons. The van der Waals surface area contributed by atoms with Crippen molar-refractivity contribution in [2.45, 2.75) is 25.5 Å². The summed E-state index contributed by atoms with van der Waals surface area (Å²) in [5, 5.41) is 20.9. The Morgan fingerprint density at radius 3 is 2.69 bits per heavy atom. The number of aliphatic carboxylic acids is 1. The molecule has 0 amide bonds. The van der Waals surface area contributed by atoms with Gasteiger partial charge in [-0.15, -0.1) is 0 Å². The molecule has 0 saturated carbocycles. The summed E-state index contributed by atoms with van der Waals surface area (Å²) in [6.07, 6.45) is 2.29. The van der Waals surface area contributed by atoms with Gasteiger partial charge in [0.15, 0.2) is 0 Å². The molecule has 1 aromatic heterocycles. The number of carbonyl (C=O) groups is 1. The van der Waals surface area contributed by atoms with E-state index in [0.29, 0.717) is 0 Å². The molecule has 5 heteroatoms. The molecular weight excluding hydrogens is 208 g/mol. The van der Waals surface area contributed by atoms with Crippen LogP contribution in [0.25, 0.3) is 0 Å². The molecule has 0 fully saturated rings. The number of carboxylic acids is 1. The molecule has 1 heterocycles. The first-order valence-corrected chi connectivity index (χ1v) is 5.12. The van der Waals surface area contributed by atoms with Crippen LogP contribution in [0.15, 0.2) is 24.5 Å². The van der Waals surface area contributed by atoms with Gasteiger partial charge in [0, 0.05) is 25.0 Å². The second-order valence-electron chi connectivity index (χ2n) is 3.66. The fourth-order valence-electron chi connectivity index (χ4n) is 1.36. The molecule has 1 rings (SSSR count).